The molecule has 1 aliphatic rings. The van der Waals surface area contributed by atoms with Crippen molar-refractivity contribution in [3.05, 3.63) is 90.8 Å². The second-order valence-corrected chi connectivity index (χ2v) is 14.9. The van der Waals surface area contributed by atoms with Gasteiger partial charge in [0.15, 0.2) is 0 Å². The number of hydrogen-bond donors (Lipinski definition) is 0. The number of fused-ring (bicyclic) bond motifs is 1. The molecule has 162 valence electrons. The predicted octanol–water partition coefficient (Wildman–Crippen LogP) is 4.27. The van der Waals surface area contributed by atoms with Crippen molar-refractivity contribution >= 4 is 36.2 Å². The summed E-state index contributed by atoms with van der Waals surface area (Å²) in [7, 11) is 1.78. The van der Waals surface area contributed by atoms with E-state index in [1.54, 1.807) is 41.9 Å². The number of nitrogens with zero attached hydrogens (tertiary/aromatic N) is 1. The summed E-state index contributed by atoms with van der Waals surface area (Å²) in [5.74, 6) is -2.09. The van der Waals surface area contributed by atoms with E-state index >= 15 is 0 Å². The van der Waals surface area contributed by atoms with Crippen molar-refractivity contribution in [3.8, 4) is 0 Å². The maximum atomic E-state index is 12.9. The summed E-state index contributed by atoms with van der Waals surface area (Å²) in [4.78, 5) is 37.5. The van der Waals surface area contributed by atoms with Crippen LogP contribution in [0.2, 0.25) is 0 Å². The molecule has 0 amide bonds. The molecular formula is C23H22INO6. The van der Waals surface area contributed by atoms with Crippen LogP contribution in [0.4, 0.5) is 0 Å². The van der Waals surface area contributed by atoms with Crippen molar-refractivity contribution in [3.63, 3.8) is 0 Å². The van der Waals surface area contributed by atoms with Gasteiger partial charge in [-0.25, -0.2) is 0 Å². The molecule has 4 rings (SSSR count). The minimum atomic E-state index is -5.76. The standard InChI is InChI=1S/C23H22INO6/c1-16(26)29-24(30-17(2)27,21-12-8-7-11-20(21)23(28)31-24)22-14-13-19(25(22)3)15-18-9-5-4-6-10-18/h4-14H,15H2,1-3H3. The van der Waals surface area contributed by atoms with Gasteiger partial charge in [0, 0.05) is 0 Å². The van der Waals surface area contributed by atoms with Gasteiger partial charge in [-0.3, -0.25) is 0 Å². The molecule has 8 heteroatoms. The zero-order valence-electron chi connectivity index (χ0n) is 17.3. The van der Waals surface area contributed by atoms with Crippen LogP contribution in [0, 0.1) is 7.27 Å². The van der Waals surface area contributed by atoms with Crippen LogP contribution in [0.5, 0.6) is 0 Å². The Morgan fingerprint density at radius 1 is 0.903 bits per heavy atom. The molecule has 7 nitrogen and oxygen atoms in total. The van der Waals surface area contributed by atoms with E-state index in [1.165, 1.54) is 13.8 Å². The molecule has 0 saturated heterocycles. The maximum absolute atomic E-state index is 12.9. The van der Waals surface area contributed by atoms with Crippen molar-refractivity contribution in [2.45, 2.75) is 20.3 Å². The molecule has 1 aromatic heterocycles. The number of hydrogen-bond acceptors (Lipinski definition) is 6. The van der Waals surface area contributed by atoms with E-state index in [0.29, 0.717) is 13.7 Å². The Labute approximate surface area is 182 Å². The Kier molecular flexibility index (Phi) is 5.12. The molecule has 0 aliphatic carbocycles. The van der Waals surface area contributed by atoms with E-state index in [1.807, 2.05) is 36.4 Å². The van der Waals surface area contributed by atoms with Crippen LogP contribution >= 0.6 is 18.3 Å². The normalized spacial score (nSPS) is 17.0. The van der Waals surface area contributed by atoms with Crippen LogP contribution < -0.4 is 0 Å². The third-order valence-corrected chi connectivity index (χ3v) is 14.9. The fourth-order valence-electron chi connectivity index (χ4n) is 3.70. The topological polar surface area (TPSA) is 83.8 Å². The second-order valence-electron chi connectivity index (χ2n) is 7.10. The average molecular weight is 535 g/mol. The molecule has 1 aliphatic heterocycles. The number of benzene rings is 2. The number of aromatic nitrogens is 1. The van der Waals surface area contributed by atoms with Gasteiger partial charge in [-0.2, -0.15) is 0 Å². The van der Waals surface area contributed by atoms with Crippen molar-refractivity contribution in [2.24, 2.45) is 7.05 Å². The number of halogens is 1. The van der Waals surface area contributed by atoms with Gasteiger partial charge in [0.25, 0.3) is 0 Å². The van der Waals surface area contributed by atoms with E-state index in [2.05, 4.69) is 0 Å². The number of rotatable bonds is 5. The Hall–Kier alpha value is -3.14. The van der Waals surface area contributed by atoms with Gasteiger partial charge in [-0.1, -0.05) is 0 Å². The molecule has 2 aromatic carbocycles. The first-order chi connectivity index (χ1) is 14.8. The summed E-state index contributed by atoms with van der Waals surface area (Å²) < 4.78 is 20.1. The summed E-state index contributed by atoms with van der Waals surface area (Å²) in [5, 5.41) is 0. The Balaban J connectivity index is 1.99. The molecule has 0 radical (unpaired) electrons. The third kappa shape index (κ3) is 3.31. The third-order valence-electron chi connectivity index (χ3n) is 4.88. The molecule has 2 heterocycles. The van der Waals surface area contributed by atoms with E-state index in [0.717, 1.165) is 11.3 Å². The zero-order valence-corrected chi connectivity index (χ0v) is 19.5. The Morgan fingerprint density at radius 2 is 1.52 bits per heavy atom. The van der Waals surface area contributed by atoms with Crippen molar-refractivity contribution in [1.82, 2.24) is 4.57 Å². The fourth-order valence-corrected chi connectivity index (χ4v) is 13.8. The first kappa shape index (κ1) is 21.1. The van der Waals surface area contributed by atoms with E-state index in [-0.39, 0.29) is 5.56 Å². The van der Waals surface area contributed by atoms with Crippen molar-refractivity contribution < 1.29 is 23.6 Å². The van der Waals surface area contributed by atoms with Crippen LogP contribution in [0.15, 0.2) is 66.7 Å². The summed E-state index contributed by atoms with van der Waals surface area (Å²) in [6, 6.07) is 20.0. The molecule has 3 aromatic rings. The van der Waals surface area contributed by atoms with Crippen LogP contribution in [-0.2, 0) is 32.3 Å². The van der Waals surface area contributed by atoms with Crippen molar-refractivity contribution in [1.29, 1.82) is 0 Å². The van der Waals surface area contributed by atoms with Gasteiger partial charge in [-0.05, 0) is 0 Å². The van der Waals surface area contributed by atoms with Gasteiger partial charge in [-0.15, -0.1) is 0 Å². The average Bonchev–Trinajstić information content (AvgIpc) is 3.19. The molecule has 0 fully saturated rings. The quantitative estimate of drug-likeness (QED) is 0.454. The zero-order chi connectivity index (χ0) is 22.2. The van der Waals surface area contributed by atoms with E-state index in [4.69, 9.17) is 9.20 Å². The molecule has 0 N–H and O–H groups in total. The van der Waals surface area contributed by atoms with Crippen LogP contribution in [-0.4, -0.2) is 22.5 Å². The van der Waals surface area contributed by atoms with E-state index in [9.17, 15) is 14.4 Å². The molecule has 0 saturated carbocycles. The molecule has 31 heavy (non-hydrogen) atoms. The molecule has 0 unspecified atom stereocenters. The van der Waals surface area contributed by atoms with Crippen LogP contribution in [0.25, 0.3) is 0 Å². The van der Waals surface area contributed by atoms with E-state index < -0.39 is 36.2 Å². The number of carbonyl (C=O) groups excluding carboxylic acids is 3. The number of carbonyl (C=O) groups is 3. The minimum absolute atomic E-state index is 0.227. The first-order valence-electron chi connectivity index (χ1n) is 9.57. The monoisotopic (exact) mass is 535 g/mol. The van der Waals surface area contributed by atoms with Gasteiger partial charge >= 0.3 is 182 Å². The summed E-state index contributed by atoms with van der Waals surface area (Å²) in [5.41, 5.74) is 2.18. The summed E-state index contributed by atoms with van der Waals surface area (Å²) in [6.45, 7) is 2.42. The summed E-state index contributed by atoms with van der Waals surface area (Å²) >= 11 is -5.76. The molecule has 0 spiro atoms. The van der Waals surface area contributed by atoms with Gasteiger partial charge in [0.2, 0.25) is 0 Å². The molecular weight excluding hydrogens is 513 g/mol. The summed E-state index contributed by atoms with van der Waals surface area (Å²) in [6.07, 6.45) is 0.592. The Bertz CT molecular complexity index is 1180. The van der Waals surface area contributed by atoms with Gasteiger partial charge < -0.3 is 0 Å². The van der Waals surface area contributed by atoms with Crippen LogP contribution in [0.1, 0.15) is 35.5 Å². The fraction of sp³-hybridized carbons (Fsp3) is 0.174. The van der Waals surface area contributed by atoms with Gasteiger partial charge in [0.1, 0.15) is 0 Å². The predicted molar refractivity (Wildman–Crippen MR) is 121 cm³/mol. The van der Waals surface area contributed by atoms with Crippen LogP contribution in [0.3, 0.4) is 0 Å². The molecule has 0 atom stereocenters. The SMILES string of the molecule is CC(=O)OI1(OC(C)=O)(c2ccc(Cc3ccccc3)n2C)OC(=O)c2ccccc21. The Morgan fingerprint density at radius 3 is 2.16 bits per heavy atom. The van der Waals surface area contributed by atoms with Gasteiger partial charge in [0.05, 0.1) is 0 Å². The van der Waals surface area contributed by atoms with Crippen molar-refractivity contribution in [2.75, 3.05) is 0 Å². The molecule has 0 bridgehead atoms. The second kappa shape index (κ2) is 7.52. The first-order valence-corrected chi connectivity index (χ1v) is 14.4.